The molecule has 8 nitrogen and oxygen atoms in total. The minimum Gasteiger partial charge on any atom is -0.484 e. The summed E-state index contributed by atoms with van der Waals surface area (Å²) in [6, 6.07) is 15.9. The van der Waals surface area contributed by atoms with Crippen LogP contribution in [-0.2, 0) is 20.8 Å². The molecule has 2 aromatic rings. The van der Waals surface area contributed by atoms with Gasteiger partial charge < -0.3 is 24.5 Å². The van der Waals surface area contributed by atoms with Gasteiger partial charge in [0.05, 0.1) is 5.71 Å². The average Bonchev–Trinajstić information content (AvgIpc) is 2.92. The average molecular weight is 480 g/mol. The van der Waals surface area contributed by atoms with Crippen molar-refractivity contribution in [3.05, 3.63) is 65.2 Å². The molecule has 2 aromatic carbocycles. The van der Waals surface area contributed by atoms with Crippen LogP contribution in [0.25, 0.3) is 0 Å². The Morgan fingerprint density at radius 1 is 1.00 bits per heavy atom. The normalized spacial score (nSPS) is 18.1. The summed E-state index contributed by atoms with van der Waals surface area (Å²) in [6.07, 6.45) is 3.87. The molecule has 0 bridgehead atoms. The van der Waals surface area contributed by atoms with Crippen LogP contribution < -0.4 is 4.74 Å². The minimum absolute atomic E-state index is 0.0151. The summed E-state index contributed by atoms with van der Waals surface area (Å²) in [6.45, 7) is 3.21. The largest absolute Gasteiger partial charge is 0.484 e. The number of hydrogen-bond donors (Lipinski definition) is 1. The fraction of sp³-hybridized carbons (Fsp3) is 0.444. The third-order valence-corrected chi connectivity index (χ3v) is 6.61. The highest BCUT2D eigenvalue weighted by Crippen LogP contribution is 2.32. The summed E-state index contributed by atoms with van der Waals surface area (Å²) in [5, 5.41) is 13.5. The molecule has 1 saturated heterocycles. The molecule has 1 fully saturated rings. The number of piperazine rings is 1. The number of aliphatic hydroxyl groups excluding tert-OH is 1. The summed E-state index contributed by atoms with van der Waals surface area (Å²) >= 11 is 0. The van der Waals surface area contributed by atoms with Crippen molar-refractivity contribution in [2.45, 2.75) is 38.7 Å². The Hall–Kier alpha value is -3.39. The van der Waals surface area contributed by atoms with Gasteiger partial charge in [-0.2, -0.15) is 0 Å². The van der Waals surface area contributed by atoms with Gasteiger partial charge in [0.1, 0.15) is 12.4 Å². The Morgan fingerprint density at radius 3 is 2.37 bits per heavy atom. The van der Waals surface area contributed by atoms with Crippen LogP contribution in [0.5, 0.6) is 5.75 Å². The van der Waals surface area contributed by atoms with Crippen LogP contribution in [0.3, 0.4) is 0 Å². The predicted molar refractivity (Wildman–Crippen MR) is 132 cm³/mol. The van der Waals surface area contributed by atoms with Crippen molar-refractivity contribution < 1.29 is 24.3 Å². The molecule has 0 radical (unpaired) electrons. The maximum Gasteiger partial charge on any atom is 0.260 e. The van der Waals surface area contributed by atoms with Gasteiger partial charge >= 0.3 is 0 Å². The SMILES string of the molecule is CC/C(=N/OC1CCCc2ccccc21)c1ccc(OCC(=O)N2CCN(C(=O)CO)CC2)cc1. The van der Waals surface area contributed by atoms with E-state index in [1.54, 1.807) is 9.80 Å². The predicted octanol–water partition coefficient (Wildman–Crippen LogP) is 2.94. The molecule has 0 aromatic heterocycles. The highest BCUT2D eigenvalue weighted by Gasteiger charge is 2.24. The number of hydrogen-bond acceptors (Lipinski definition) is 6. The zero-order chi connectivity index (χ0) is 24.6. The standard InChI is InChI=1S/C27H33N3O5/c1-2-24(28-35-25-9-5-7-20-6-3-4-8-23(20)25)21-10-12-22(13-11-21)34-19-27(33)30-16-14-29(15-17-30)26(32)18-31/h3-4,6,8,10-13,25,31H,2,5,7,9,14-19H2,1H3/b28-24-. The molecule has 1 aliphatic carbocycles. The van der Waals surface area contributed by atoms with Crippen molar-refractivity contribution in [3.8, 4) is 5.75 Å². The topological polar surface area (TPSA) is 91.7 Å². The third kappa shape index (κ3) is 6.19. The van der Waals surface area contributed by atoms with Gasteiger partial charge in [0.2, 0.25) is 5.91 Å². The van der Waals surface area contributed by atoms with Crippen molar-refractivity contribution in [1.29, 1.82) is 0 Å². The lowest BCUT2D eigenvalue weighted by Crippen LogP contribution is -2.52. The molecule has 2 aliphatic rings. The first kappa shape index (κ1) is 24.7. The summed E-state index contributed by atoms with van der Waals surface area (Å²) in [5.74, 6) is 0.174. The molecule has 2 amide bonds. The number of oxime groups is 1. The van der Waals surface area contributed by atoms with E-state index < -0.39 is 6.61 Å². The van der Waals surface area contributed by atoms with Crippen LogP contribution in [0, 0.1) is 0 Å². The maximum atomic E-state index is 12.5. The zero-order valence-electron chi connectivity index (χ0n) is 20.2. The van der Waals surface area contributed by atoms with E-state index in [1.165, 1.54) is 11.1 Å². The number of ether oxygens (including phenoxy) is 1. The molecular weight excluding hydrogens is 446 g/mol. The monoisotopic (exact) mass is 479 g/mol. The number of amides is 2. The van der Waals surface area contributed by atoms with E-state index in [0.717, 1.165) is 37.0 Å². The second-order valence-electron chi connectivity index (χ2n) is 8.81. The van der Waals surface area contributed by atoms with Gasteiger partial charge in [-0.15, -0.1) is 0 Å². The molecular formula is C27H33N3O5. The van der Waals surface area contributed by atoms with E-state index in [0.29, 0.717) is 31.9 Å². The molecule has 1 atom stereocenters. The number of aliphatic hydroxyl groups is 1. The maximum absolute atomic E-state index is 12.5. The summed E-state index contributed by atoms with van der Waals surface area (Å²) < 4.78 is 5.70. The summed E-state index contributed by atoms with van der Waals surface area (Å²) in [5.41, 5.74) is 4.40. The molecule has 1 aliphatic heterocycles. The molecule has 35 heavy (non-hydrogen) atoms. The Labute approximate surface area is 206 Å². The molecule has 1 unspecified atom stereocenters. The van der Waals surface area contributed by atoms with Crippen molar-refractivity contribution in [2.75, 3.05) is 39.4 Å². The number of carbonyl (C=O) groups excluding carboxylic acids is 2. The number of nitrogens with zero attached hydrogens (tertiary/aromatic N) is 3. The second kappa shape index (κ2) is 11.8. The number of fused-ring (bicyclic) bond motifs is 1. The van der Waals surface area contributed by atoms with Crippen LogP contribution in [0.2, 0.25) is 0 Å². The zero-order valence-corrected chi connectivity index (χ0v) is 20.2. The summed E-state index contributed by atoms with van der Waals surface area (Å²) in [4.78, 5) is 33.3. The van der Waals surface area contributed by atoms with Crippen molar-refractivity contribution in [1.82, 2.24) is 9.80 Å². The van der Waals surface area contributed by atoms with E-state index in [2.05, 4.69) is 23.4 Å². The molecule has 1 heterocycles. The van der Waals surface area contributed by atoms with Crippen molar-refractivity contribution >= 4 is 17.5 Å². The van der Waals surface area contributed by atoms with Crippen molar-refractivity contribution in [2.24, 2.45) is 5.16 Å². The number of aryl methyl sites for hydroxylation is 1. The van der Waals surface area contributed by atoms with E-state index in [1.807, 2.05) is 37.3 Å². The van der Waals surface area contributed by atoms with Gasteiger partial charge in [0.15, 0.2) is 12.7 Å². The molecule has 186 valence electrons. The highest BCUT2D eigenvalue weighted by atomic mass is 16.6. The molecule has 4 rings (SSSR count). The van der Waals surface area contributed by atoms with Gasteiger partial charge in [0.25, 0.3) is 5.91 Å². The van der Waals surface area contributed by atoms with Gasteiger partial charge in [-0.05, 0) is 66.6 Å². The first-order chi connectivity index (χ1) is 17.1. The first-order valence-corrected chi connectivity index (χ1v) is 12.3. The van der Waals surface area contributed by atoms with Gasteiger partial charge in [-0.1, -0.05) is 36.3 Å². The first-order valence-electron chi connectivity index (χ1n) is 12.3. The van der Waals surface area contributed by atoms with Gasteiger partial charge in [-0.3, -0.25) is 9.59 Å². The van der Waals surface area contributed by atoms with Crippen LogP contribution >= 0.6 is 0 Å². The lowest BCUT2D eigenvalue weighted by atomic mass is 9.90. The van der Waals surface area contributed by atoms with E-state index in [4.69, 9.17) is 14.7 Å². The Morgan fingerprint density at radius 2 is 1.69 bits per heavy atom. The third-order valence-electron chi connectivity index (χ3n) is 6.61. The quantitative estimate of drug-likeness (QED) is 0.464. The smallest absolute Gasteiger partial charge is 0.260 e. The fourth-order valence-corrected chi connectivity index (χ4v) is 4.55. The fourth-order valence-electron chi connectivity index (χ4n) is 4.55. The Bertz CT molecular complexity index is 1050. The van der Waals surface area contributed by atoms with Crippen LogP contribution in [0.15, 0.2) is 53.7 Å². The van der Waals surface area contributed by atoms with Gasteiger partial charge in [0, 0.05) is 26.2 Å². The summed E-state index contributed by atoms with van der Waals surface area (Å²) in [7, 11) is 0. The van der Waals surface area contributed by atoms with Crippen LogP contribution in [0.4, 0.5) is 0 Å². The van der Waals surface area contributed by atoms with Gasteiger partial charge in [-0.25, -0.2) is 0 Å². The van der Waals surface area contributed by atoms with Crippen LogP contribution in [-0.4, -0.2) is 71.8 Å². The number of benzene rings is 2. The molecule has 1 N–H and O–H groups in total. The van der Waals surface area contributed by atoms with E-state index in [-0.39, 0.29) is 24.5 Å². The number of rotatable bonds is 8. The highest BCUT2D eigenvalue weighted by molar-refractivity contribution is 6.00. The second-order valence-corrected chi connectivity index (χ2v) is 8.81. The molecule has 0 spiro atoms. The minimum atomic E-state index is -0.502. The molecule has 8 heteroatoms. The Kier molecular flexibility index (Phi) is 8.36. The molecule has 0 saturated carbocycles. The van der Waals surface area contributed by atoms with E-state index >= 15 is 0 Å². The lowest BCUT2D eigenvalue weighted by Gasteiger charge is -2.34. The Balaban J connectivity index is 1.29. The van der Waals surface area contributed by atoms with Crippen molar-refractivity contribution in [3.63, 3.8) is 0 Å². The lowest BCUT2D eigenvalue weighted by molar-refractivity contribution is -0.142. The van der Waals surface area contributed by atoms with E-state index in [9.17, 15) is 9.59 Å². The number of carbonyl (C=O) groups is 2. The van der Waals surface area contributed by atoms with Crippen LogP contribution in [0.1, 0.15) is 49.0 Å².